The second kappa shape index (κ2) is 13.7. The molecule has 7 heteroatoms. The lowest BCUT2D eigenvalue weighted by Gasteiger charge is -2.51. The van der Waals surface area contributed by atoms with Crippen LogP contribution in [-0.4, -0.2) is 63.2 Å². The van der Waals surface area contributed by atoms with Crippen molar-refractivity contribution in [1.82, 2.24) is 0 Å². The van der Waals surface area contributed by atoms with Crippen molar-refractivity contribution in [1.29, 1.82) is 0 Å². The number of ether oxygens (including phenoxy) is 5. The summed E-state index contributed by atoms with van der Waals surface area (Å²) in [5, 5.41) is 0. The van der Waals surface area contributed by atoms with E-state index in [9.17, 15) is 0 Å². The first kappa shape index (κ1) is 25.6. The number of rotatable bonds is 16. The summed E-state index contributed by atoms with van der Waals surface area (Å²) < 4.78 is 37.0. The molecular weight excluding hydrogens is 416 g/mol. The number of furan rings is 1. The van der Waals surface area contributed by atoms with E-state index in [0.29, 0.717) is 38.8 Å². The van der Waals surface area contributed by atoms with Crippen molar-refractivity contribution in [3.63, 3.8) is 0 Å². The molecule has 1 aliphatic rings. The fourth-order valence-electron chi connectivity index (χ4n) is 3.55. The summed E-state index contributed by atoms with van der Waals surface area (Å²) in [6, 6.07) is 3.73. The molecule has 6 nitrogen and oxygen atoms in total. The molecule has 0 bridgehead atoms. The normalized spacial score (nSPS) is 28.2. The third kappa shape index (κ3) is 6.44. The summed E-state index contributed by atoms with van der Waals surface area (Å²) >= 11 is 1.59. The Hall–Kier alpha value is -1.61. The van der Waals surface area contributed by atoms with Crippen LogP contribution in [0.1, 0.15) is 12.7 Å². The van der Waals surface area contributed by atoms with Crippen LogP contribution in [0.5, 0.6) is 0 Å². The Morgan fingerprint density at radius 1 is 0.968 bits per heavy atom. The molecule has 1 aromatic rings. The Kier molecular flexibility index (Phi) is 11.4. The monoisotopic (exact) mass is 450 g/mol. The molecule has 1 aromatic heterocycles. The van der Waals surface area contributed by atoms with Crippen LogP contribution < -0.4 is 0 Å². The zero-order chi connectivity index (χ0) is 22.5. The molecule has 172 valence electrons. The second-order valence-electron chi connectivity index (χ2n) is 6.78. The summed E-state index contributed by atoms with van der Waals surface area (Å²) in [7, 11) is 0. The smallest absolute Gasteiger partial charge is 0.200 e. The fraction of sp³-hybridized carbons (Fsp3) is 0.500. The first-order chi connectivity index (χ1) is 15.2. The van der Waals surface area contributed by atoms with E-state index in [-0.39, 0.29) is 0 Å². The van der Waals surface area contributed by atoms with Gasteiger partial charge >= 0.3 is 0 Å². The highest BCUT2D eigenvalue weighted by atomic mass is 32.2. The number of hydrogen-bond donors (Lipinski definition) is 0. The van der Waals surface area contributed by atoms with Crippen molar-refractivity contribution in [3.8, 4) is 0 Å². The molecule has 2 rings (SSSR count). The average molecular weight is 451 g/mol. The van der Waals surface area contributed by atoms with Crippen LogP contribution in [0, 0.1) is 0 Å². The Labute approximate surface area is 189 Å². The Morgan fingerprint density at radius 3 is 2.19 bits per heavy atom. The highest BCUT2D eigenvalue weighted by Crippen LogP contribution is 2.49. The topological polar surface area (TPSA) is 59.3 Å². The van der Waals surface area contributed by atoms with E-state index in [1.807, 2.05) is 12.1 Å². The Morgan fingerprint density at radius 2 is 1.61 bits per heavy atom. The van der Waals surface area contributed by atoms with Crippen molar-refractivity contribution >= 4 is 11.8 Å². The van der Waals surface area contributed by atoms with Gasteiger partial charge in [0.15, 0.2) is 0 Å². The lowest BCUT2D eigenvalue weighted by molar-refractivity contribution is -0.277. The summed E-state index contributed by atoms with van der Waals surface area (Å²) in [5.41, 5.74) is 0. The lowest BCUT2D eigenvalue weighted by atomic mass is 9.92. The van der Waals surface area contributed by atoms with E-state index in [1.54, 1.807) is 42.3 Å². The van der Waals surface area contributed by atoms with Gasteiger partial charge in [-0.3, -0.25) is 0 Å². The molecule has 1 fully saturated rings. The van der Waals surface area contributed by atoms with Gasteiger partial charge < -0.3 is 28.1 Å². The molecule has 0 radical (unpaired) electrons. The summed E-state index contributed by atoms with van der Waals surface area (Å²) in [4.78, 5) is -0.955. The van der Waals surface area contributed by atoms with Gasteiger partial charge in [0.05, 0.1) is 39.3 Å². The van der Waals surface area contributed by atoms with Gasteiger partial charge in [0.2, 0.25) is 4.93 Å². The zero-order valence-corrected chi connectivity index (χ0v) is 19.1. The standard InChI is InChI=1S/C24H34O6S/c1-6-13-25-18-19-21(27-14-7-2)22(28-15-8-3)23(29-16-9-4)24(30-19,31-10-5)20-12-11-17-26-20/h6-9,11-12,17,19,21-23H,1-4,10,13-16,18H2,5H3/t19-,21-,22+,23+,24-/m1/s1. The van der Waals surface area contributed by atoms with E-state index in [1.165, 1.54) is 0 Å². The summed E-state index contributed by atoms with van der Waals surface area (Å²) in [5.74, 6) is 1.41. The molecule has 1 saturated heterocycles. The van der Waals surface area contributed by atoms with Crippen molar-refractivity contribution < 1.29 is 28.1 Å². The SMILES string of the molecule is C=CCOC[C@H]1O[C@@](SCC)(c2ccco2)[C@@H](OCC=C)[C@@H](OCC=C)[C@@H]1OCC=C. The molecule has 5 atom stereocenters. The van der Waals surface area contributed by atoms with Crippen LogP contribution in [0.3, 0.4) is 0 Å². The lowest BCUT2D eigenvalue weighted by Crippen LogP contribution is -2.64. The van der Waals surface area contributed by atoms with Gasteiger partial charge in [0.1, 0.15) is 30.2 Å². The van der Waals surface area contributed by atoms with Crippen molar-refractivity contribution in [2.75, 3.05) is 38.8 Å². The van der Waals surface area contributed by atoms with E-state index >= 15 is 0 Å². The van der Waals surface area contributed by atoms with E-state index < -0.39 is 29.3 Å². The third-order valence-corrected chi connectivity index (χ3v) is 5.88. The minimum absolute atomic E-state index is 0.294. The van der Waals surface area contributed by atoms with Crippen molar-refractivity contribution in [2.24, 2.45) is 0 Å². The van der Waals surface area contributed by atoms with Gasteiger partial charge in [0.25, 0.3) is 0 Å². The highest BCUT2D eigenvalue weighted by molar-refractivity contribution is 8.00. The van der Waals surface area contributed by atoms with Crippen LogP contribution in [0.4, 0.5) is 0 Å². The minimum atomic E-state index is -0.955. The molecule has 0 aromatic carbocycles. The molecule has 31 heavy (non-hydrogen) atoms. The Bertz CT molecular complexity index is 676. The van der Waals surface area contributed by atoms with Gasteiger partial charge in [0, 0.05) is 0 Å². The van der Waals surface area contributed by atoms with E-state index in [2.05, 4.69) is 33.2 Å². The molecular formula is C24H34O6S. The molecule has 0 amide bonds. The third-order valence-electron chi connectivity index (χ3n) is 4.64. The molecule has 0 spiro atoms. The molecule has 0 saturated carbocycles. The van der Waals surface area contributed by atoms with Crippen LogP contribution in [0.2, 0.25) is 0 Å². The molecule has 1 aliphatic heterocycles. The fourth-order valence-corrected chi connectivity index (χ4v) is 4.80. The quantitative estimate of drug-likeness (QED) is 0.271. The van der Waals surface area contributed by atoms with Crippen LogP contribution in [-0.2, 0) is 28.6 Å². The molecule has 0 unspecified atom stereocenters. The van der Waals surface area contributed by atoms with Crippen LogP contribution in [0.15, 0.2) is 73.4 Å². The van der Waals surface area contributed by atoms with Crippen molar-refractivity contribution in [3.05, 3.63) is 74.8 Å². The van der Waals surface area contributed by atoms with E-state index in [0.717, 1.165) is 5.75 Å². The number of hydrogen-bond acceptors (Lipinski definition) is 7. The van der Waals surface area contributed by atoms with Crippen molar-refractivity contribution in [2.45, 2.75) is 36.3 Å². The van der Waals surface area contributed by atoms with Gasteiger partial charge in [-0.15, -0.1) is 38.1 Å². The highest BCUT2D eigenvalue weighted by Gasteiger charge is 2.59. The minimum Gasteiger partial charge on any atom is -0.465 e. The largest absolute Gasteiger partial charge is 0.465 e. The van der Waals surface area contributed by atoms with Gasteiger partial charge in [-0.25, -0.2) is 0 Å². The predicted octanol–water partition coefficient (Wildman–Crippen LogP) is 4.50. The second-order valence-corrected chi connectivity index (χ2v) is 8.25. The first-order valence-corrected chi connectivity index (χ1v) is 11.4. The Balaban J connectivity index is 2.54. The summed E-state index contributed by atoms with van der Waals surface area (Å²) in [6.45, 7) is 18.8. The molecule has 0 N–H and O–H groups in total. The maximum Gasteiger partial charge on any atom is 0.200 e. The maximum atomic E-state index is 6.72. The average Bonchev–Trinajstić information content (AvgIpc) is 3.32. The predicted molar refractivity (Wildman–Crippen MR) is 124 cm³/mol. The van der Waals surface area contributed by atoms with E-state index in [4.69, 9.17) is 28.1 Å². The van der Waals surface area contributed by atoms with Crippen LogP contribution >= 0.6 is 11.8 Å². The molecule has 0 aliphatic carbocycles. The van der Waals surface area contributed by atoms with Gasteiger partial charge in [-0.05, 0) is 17.9 Å². The molecule has 2 heterocycles. The summed E-state index contributed by atoms with van der Waals surface area (Å²) in [6.07, 6.45) is 6.51. The maximum absolute atomic E-state index is 6.72. The van der Waals surface area contributed by atoms with Crippen LogP contribution in [0.25, 0.3) is 0 Å². The first-order valence-electron chi connectivity index (χ1n) is 10.4. The van der Waals surface area contributed by atoms with Gasteiger partial charge in [-0.2, -0.15) is 0 Å². The van der Waals surface area contributed by atoms with Gasteiger partial charge in [-0.1, -0.05) is 31.2 Å². The number of thioether (sulfide) groups is 1. The zero-order valence-electron chi connectivity index (χ0n) is 18.3.